The van der Waals surface area contributed by atoms with Crippen LogP contribution in [0.15, 0.2) is 23.1 Å². The second kappa shape index (κ2) is 7.92. The Hall–Kier alpha value is -2.15. The van der Waals surface area contributed by atoms with Gasteiger partial charge < -0.3 is 19.5 Å². The summed E-state index contributed by atoms with van der Waals surface area (Å²) in [7, 11) is 3.12. The van der Waals surface area contributed by atoms with Crippen molar-refractivity contribution >= 4 is 11.8 Å². The van der Waals surface area contributed by atoms with Crippen molar-refractivity contribution in [3.63, 3.8) is 0 Å². The number of aryl methyl sites for hydroxylation is 1. The molecular weight excluding hydrogens is 298 g/mol. The number of methoxy groups -OCH3 is 1. The third-order valence-corrected chi connectivity index (χ3v) is 4.12. The highest BCUT2D eigenvalue weighted by Gasteiger charge is 2.25. The summed E-state index contributed by atoms with van der Waals surface area (Å²) in [5.74, 6) is 0.00493. The van der Waals surface area contributed by atoms with E-state index in [2.05, 4.69) is 5.32 Å². The van der Waals surface area contributed by atoms with Crippen LogP contribution in [0.5, 0.6) is 0 Å². The maximum Gasteiger partial charge on any atom is 0.263 e. The van der Waals surface area contributed by atoms with E-state index < -0.39 is 0 Å². The second-order valence-electron chi connectivity index (χ2n) is 5.81. The molecule has 1 aliphatic heterocycles. The Kier molecular flexibility index (Phi) is 5.92. The van der Waals surface area contributed by atoms with Gasteiger partial charge in [-0.05, 0) is 30.9 Å². The number of ether oxygens (including phenoxy) is 1. The molecule has 1 N–H and O–H groups in total. The van der Waals surface area contributed by atoms with Crippen molar-refractivity contribution in [1.29, 1.82) is 0 Å². The lowest BCUT2D eigenvalue weighted by Gasteiger charge is -2.32. The average Bonchev–Trinajstić information content (AvgIpc) is 2.56. The summed E-state index contributed by atoms with van der Waals surface area (Å²) in [6.45, 7) is 1.86. The summed E-state index contributed by atoms with van der Waals surface area (Å²) in [4.78, 5) is 37.6. The lowest BCUT2D eigenvalue weighted by molar-refractivity contribution is -0.125. The number of nitrogens with one attached hydrogen (secondary N) is 1. The molecule has 0 bridgehead atoms. The van der Waals surface area contributed by atoms with Crippen molar-refractivity contribution < 1.29 is 14.3 Å². The van der Waals surface area contributed by atoms with Gasteiger partial charge in [0.1, 0.15) is 12.2 Å². The number of likely N-dealkylation sites (tertiary alicyclic amines) is 1. The van der Waals surface area contributed by atoms with Gasteiger partial charge in [0, 0.05) is 40.0 Å². The minimum atomic E-state index is -0.272. The summed E-state index contributed by atoms with van der Waals surface area (Å²) in [5.41, 5.74) is -0.0618. The molecule has 1 aromatic rings. The van der Waals surface area contributed by atoms with Crippen molar-refractivity contribution in [2.75, 3.05) is 33.4 Å². The molecule has 7 nitrogen and oxygen atoms in total. The molecule has 0 atom stereocenters. The van der Waals surface area contributed by atoms with Crippen molar-refractivity contribution in [2.45, 2.75) is 12.8 Å². The molecule has 1 aromatic heterocycles. The summed E-state index contributed by atoms with van der Waals surface area (Å²) >= 11 is 0. The zero-order valence-electron chi connectivity index (χ0n) is 13.6. The number of nitrogens with zero attached hydrogens (tertiary/aromatic N) is 2. The first-order chi connectivity index (χ1) is 11.0. The maximum atomic E-state index is 12.5. The molecule has 1 saturated heterocycles. The van der Waals surface area contributed by atoms with E-state index in [1.807, 2.05) is 0 Å². The summed E-state index contributed by atoms with van der Waals surface area (Å²) in [6, 6.07) is 3.27. The molecule has 1 fully saturated rings. The number of carbonyl (C=O) groups excluding carboxylic acids is 2. The normalized spacial score (nSPS) is 15.5. The van der Waals surface area contributed by atoms with Crippen molar-refractivity contribution in [3.8, 4) is 0 Å². The van der Waals surface area contributed by atoms with Gasteiger partial charge in [0.05, 0.1) is 0 Å². The van der Waals surface area contributed by atoms with Gasteiger partial charge in [0.15, 0.2) is 0 Å². The molecule has 0 aromatic carbocycles. The van der Waals surface area contributed by atoms with Crippen LogP contribution in [0.2, 0.25) is 0 Å². The second-order valence-corrected chi connectivity index (χ2v) is 5.81. The fraction of sp³-hybridized carbons (Fsp3) is 0.562. The number of aromatic nitrogens is 1. The van der Waals surface area contributed by atoms with Gasteiger partial charge in [0.25, 0.3) is 11.5 Å². The molecule has 1 aliphatic rings. The largest absolute Gasteiger partial charge is 0.375 e. The number of piperidine rings is 1. The number of pyridine rings is 1. The van der Waals surface area contributed by atoms with Crippen LogP contribution in [-0.2, 0) is 16.6 Å². The number of carbonyl (C=O) groups is 2. The summed E-state index contributed by atoms with van der Waals surface area (Å²) in [5, 5.41) is 2.82. The topological polar surface area (TPSA) is 80.6 Å². The Morgan fingerprint density at radius 2 is 2.04 bits per heavy atom. The molecule has 126 valence electrons. The molecule has 0 aliphatic carbocycles. The van der Waals surface area contributed by atoms with E-state index in [0.29, 0.717) is 25.6 Å². The number of hydrogen-bond donors (Lipinski definition) is 1. The smallest absolute Gasteiger partial charge is 0.263 e. The van der Waals surface area contributed by atoms with Crippen LogP contribution in [0.4, 0.5) is 0 Å². The molecule has 0 saturated carbocycles. The highest BCUT2D eigenvalue weighted by atomic mass is 16.5. The zero-order valence-corrected chi connectivity index (χ0v) is 13.6. The van der Waals surface area contributed by atoms with E-state index in [-0.39, 0.29) is 29.5 Å². The van der Waals surface area contributed by atoms with Crippen LogP contribution >= 0.6 is 0 Å². The van der Waals surface area contributed by atoms with Crippen LogP contribution in [0, 0.1) is 5.92 Å². The van der Waals surface area contributed by atoms with Crippen LogP contribution in [0.1, 0.15) is 23.2 Å². The summed E-state index contributed by atoms with van der Waals surface area (Å²) in [6.07, 6.45) is 3.26. The molecule has 0 radical (unpaired) electrons. The van der Waals surface area contributed by atoms with Crippen molar-refractivity contribution in [2.24, 2.45) is 13.0 Å². The lowest BCUT2D eigenvalue weighted by atomic mass is 9.96. The van der Waals surface area contributed by atoms with Crippen LogP contribution < -0.4 is 10.9 Å². The minimum absolute atomic E-state index is 0.0641. The van der Waals surface area contributed by atoms with Crippen LogP contribution in [0.25, 0.3) is 0 Å². The first-order valence-corrected chi connectivity index (χ1v) is 7.73. The molecule has 2 amide bonds. The molecule has 2 heterocycles. The van der Waals surface area contributed by atoms with E-state index in [9.17, 15) is 14.4 Å². The third kappa shape index (κ3) is 4.41. The Morgan fingerprint density at radius 1 is 1.35 bits per heavy atom. The van der Waals surface area contributed by atoms with Gasteiger partial charge in [-0.1, -0.05) is 0 Å². The standard InChI is InChI=1S/C16H23N3O4/c1-18-7-3-4-13(15(18)21)16(22)19-8-5-12(6-9-19)10-17-14(20)11-23-2/h3-4,7,12H,5-6,8-11H2,1-2H3,(H,17,20). The molecular formula is C16H23N3O4. The first kappa shape index (κ1) is 17.2. The Bertz CT molecular complexity index is 618. The van der Waals surface area contributed by atoms with Gasteiger partial charge >= 0.3 is 0 Å². The number of amides is 2. The highest BCUT2D eigenvalue weighted by Crippen LogP contribution is 2.17. The quantitative estimate of drug-likeness (QED) is 0.828. The monoisotopic (exact) mass is 321 g/mol. The SMILES string of the molecule is COCC(=O)NCC1CCN(C(=O)c2cccn(C)c2=O)CC1. The average molecular weight is 321 g/mol. The fourth-order valence-electron chi connectivity index (χ4n) is 2.71. The van der Waals surface area contributed by atoms with E-state index in [1.54, 1.807) is 30.3 Å². The van der Waals surface area contributed by atoms with Gasteiger partial charge in [-0.3, -0.25) is 14.4 Å². The van der Waals surface area contributed by atoms with Gasteiger partial charge in [-0.25, -0.2) is 0 Å². The highest BCUT2D eigenvalue weighted by molar-refractivity contribution is 5.93. The molecule has 7 heteroatoms. The van der Waals surface area contributed by atoms with E-state index >= 15 is 0 Å². The number of rotatable bonds is 5. The van der Waals surface area contributed by atoms with Crippen molar-refractivity contribution in [3.05, 3.63) is 34.2 Å². The van der Waals surface area contributed by atoms with Gasteiger partial charge in [-0.15, -0.1) is 0 Å². The van der Waals surface area contributed by atoms with E-state index in [1.165, 1.54) is 11.7 Å². The predicted octanol–water partition coefficient (Wildman–Crippen LogP) is 0.000100. The van der Waals surface area contributed by atoms with Crippen molar-refractivity contribution in [1.82, 2.24) is 14.8 Å². The Labute approximate surface area is 135 Å². The van der Waals surface area contributed by atoms with E-state index in [4.69, 9.17) is 4.74 Å². The fourth-order valence-corrected chi connectivity index (χ4v) is 2.71. The van der Waals surface area contributed by atoms with Gasteiger partial charge in [-0.2, -0.15) is 0 Å². The molecule has 2 rings (SSSR count). The maximum absolute atomic E-state index is 12.5. The molecule has 0 spiro atoms. The van der Waals surface area contributed by atoms with Crippen LogP contribution in [-0.4, -0.2) is 54.6 Å². The molecule has 0 unspecified atom stereocenters. The van der Waals surface area contributed by atoms with E-state index in [0.717, 1.165) is 12.8 Å². The Morgan fingerprint density at radius 3 is 2.70 bits per heavy atom. The first-order valence-electron chi connectivity index (χ1n) is 7.73. The number of hydrogen-bond acceptors (Lipinski definition) is 4. The van der Waals surface area contributed by atoms with Crippen LogP contribution in [0.3, 0.4) is 0 Å². The minimum Gasteiger partial charge on any atom is -0.375 e. The molecule has 23 heavy (non-hydrogen) atoms. The predicted molar refractivity (Wildman–Crippen MR) is 85.2 cm³/mol. The Balaban J connectivity index is 1.87. The zero-order chi connectivity index (χ0) is 16.8. The lowest BCUT2D eigenvalue weighted by Crippen LogP contribution is -2.43. The third-order valence-electron chi connectivity index (χ3n) is 4.12. The summed E-state index contributed by atoms with van der Waals surface area (Å²) < 4.78 is 6.17. The van der Waals surface area contributed by atoms with Gasteiger partial charge in [0.2, 0.25) is 5.91 Å².